The summed E-state index contributed by atoms with van der Waals surface area (Å²) < 4.78 is 1.23. The Bertz CT molecular complexity index is 625. The number of H-pyrrole nitrogens is 2. The minimum Gasteiger partial charge on any atom is -0.311 e. The molecule has 2 aromatic heterocycles. The molecular formula is C8H6N4O2. The lowest BCUT2D eigenvalue weighted by atomic mass is 10.5. The van der Waals surface area contributed by atoms with Gasteiger partial charge < -0.3 is 4.98 Å². The van der Waals surface area contributed by atoms with Gasteiger partial charge >= 0.3 is 5.69 Å². The normalized spacial score (nSPS) is 10.2. The molecule has 2 heterocycles. The van der Waals surface area contributed by atoms with Crippen molar-refractivity contribution in [2.45, 2.75) is 6.54 Å². The molecule has 0 aliphatic heterocycles. The van der Waals surface area contributed by atoms with Crippen molar-refractivity contribution in [3.8, 4) is 12.3 Å². The van der Waals surface area contributed by atoms with Gasteiger partial charge in [-0.25, -0.2) is 9.78 Å². The summed E-state index contributed by atoms with van der Waals surface area (Å²) in [7, 11) is 0. The van der Waals surface area contributed by atoms with Crippen LogP contribution in [0.5, 0.6) is 0 Å². The summed E-state index contributed by atoms with van der Waals surface area (Å²) in [6.07, 6.45) is 6.31. The largest absolute Gasteiger partial charge is 0.328 e. The maximum atomic E-state index is 11.3. The van der Waals surface area contributed by atoms with Crippen molar-refractivity contribution in [2.75, 3.05) is 0 Å². The highest BCUT2D eigenvalue weighted by Gasteiger charge is 2.08. The number of fused-ring (bicyclic) bond motifs is 1. The van der Waals surface area contributed by atoms with Crippen molar-refractivity contribution in [3.63, 3.8) is 0 Å². The van der Waals surface area contributed by atoms with Gasteiger partial charge in [0.25, 0.3) is 5.56 Å². The zero-order chi connectivity index (χ0) is 10.1. The number of imidazole rings is 1. The first-order valence-electron chi connectivity index (χ1n) is 3.83. The molecular weight excluding hydrogens is 184 g/mol. The second kappa shape index (κ2) is 2.88. The molecule has 0 fully saturated rings. The second-order valence-electron chi connectivity index (χ2n) is 2.65. The van der Waals surface area contributed by atoms with Crippen LogP contribution in [-0.2, 0) is 6.54 Å². The highest BCUT2D eigenvalue weighted by molar-refractivity contribution is 5.68. The van der Waals surface area contributed by atoms with Gasteiger partial charge in [-0.05, 0) is 0 Å². The molecule has 0 saturated carbocycles. The molecule has 14 heavy (non-hydrogen) atoms. The molecule has 0 saturated heterocycles. The third-order valence-corrected chi connectivity index (χ3v) is 1.82. The van der Waals surface area contributed by atoms with Gasteiger partial charge in [-0.15, -0.1) is 6.42 Å². The molecule has 70 valence electrons. The van der Waals surface area contributed by atoms with Crippen LogP contribution in [0.1, 0.15) is 0 Å². The minimum atomic E-state index is -0.429. The van der Waals surface area contributed by atoms with Crippen LogP contribution in [-0.4, -0.2) is 19.5 Å². The number of nitrogens with zero attached hydrogens (tertiary/aromatic N) is 2. The Kier molecular flexibility index (Phi) is 1.71. The lowest BCUT2D eigenvalue weighted by molar-refractivity contribution is 0.815. The molecule has 0 spiro atoms. The van der Waals surface area contributed by atoms with E-state index in [4.69, 9.17) is 6.42 Å². The first-order valence-corrected chi connectivity index (χ1v) is 3.83. The molecule has 0 bridgehead atoms. The van der Waals surface area contributed by atoms with Crippen LogP contribution in [0.4, 0.5) is 0 Å². The molecule has 0 atom stereocenters. The number of nitrogens with one attached hydrogen (secondary N) is 2. The smallest absolute Gasteiger partial charge is 0.311 e. The Labute approximate surface area is 77.6 Å². The molecule has 0 aromatic carbocycles. The molecule has 6 nitrogen and oxygen atoms in total. The average Bonchev–Trinajstić information content (AvgIpc) is 2.47. The fourth-order valence-corrected chi connectivity index (χ4v) is 1.22. The summed E-state index contributed by atoms with van der Waals surface area (Å²) in [5, 5.41) is 0. The highest BCUT2D eigenvalue weighted by atomic mass is 16.1. The van der Waals surface area contributed by atoms with E-state index in [0.29, 0.717) is 0 Å². The van der Waals surface area contributed by atoms with E-state index in [1.54, 1.807) is 0 Å². The minimum absolute atomic E-state index is 0.0925. The van der Waals surface area contributed by atoms with Crippen LogP contribution in [0.15, 0.2) is 15.9 Å². The quantitative estimate of drug-likeness (QED) is 0.568. The van der Waals surface area contributed by atoms with Crippen molar-refractivity contribution in [1.29, 1.82) is 0 Å². The second-order valence-corrected chi connectivity index (χ2v) is 2.65. The fraction of sp³-hybridized carbons (Fsp3) is 0.125. The highest BCUT2D eigenvalue weighted by Crippen LogP contribution is 1.98. The number of terminal acetylenes is 1. The Hall–Kier alpha value is -2.29. The summed E-state index contributed by atoms with van der Waals surface area (Å²) in [6, 6.07) is 0. The van der Waals surface area contributed by atoms with Gasteiger partial charge in [-0.1, -0.05) is 5.92 Å². The van der Waals surface area contributed by atoms with Crippen molar-refractivity contribution >= 4 is 11.2 Å². The van der Waals surface area contributed by atoms with E-state index in [-0.39, 0.29) is 23.3 Å². The number of aromatic nitrogens is 4. The van der Waals surface area contributed by atoms with Gasteiger partial charge in [0, 0.05) is 0 Å². The standard InChI is InChI=1S/C8H6N4O2/c1-2-3-12-6-5(11-8(12)14)7(13)10-4-9-6/h1,4H,3H2,(H,11,14)(H,9,10,13). The van der Waals surface area contributed by atoms with Gasteiger partial charge in [0.05, 0.1) is 12.9 Å². The Balaban J connectivity index is 2.92. The molecule has 0 aliphatic rings. The van der Waals surface area contributed by atoms with E-state index in [0.717, 1.165) is 0 Å². The van der Waals surface area contributed by atoms with E-state index in [1.807, 2.05) is 0 Å². The molecule has 2 rings (SSSR count). The first kappa shape index (κ1) is 8.31. The topological polar surface area (TPSA) is 83.5 Å². The summed E-state index contributed by atoms with van der Waals surface area (Å²) in [4.78, 5) is 31.1. The van der Waals surface area contributed by atoms with Gasteiger partial charge in [0.2, 0.25) is 0 Å². The van der Waals surface area contributed by atoms with Gasteiger partial charge in [-0.3, -0.25) is 14.3 Å². The number of rotatable bonds is 1. The van der Waals surface area contributed by atoms with Crippen molar-refractivity contribution in [3.05, 3.63) is 27.2 Å². The number of hydrogen-bond acceptors (Lipinski definition) is 3. The molecule has 2 aromatic rings. The monoisotopic (exact) mass is 190 g/mol. The van der Waals surface area contributed by atoms with E-state index < -0.39 is 5.69 Å². The van der Waals surface area contributed by atoms with Crippen LogP contribution < -0.4 is 11.2 Å². The van der Waals surface area contributed by atoms with E-state index in [1.165, 1.54) is 10.9 Å². The number of aromatic amines is 2. The summed E-state index contributed by atoms with van der Waals surface area (Å²) in [6.45, 7) is 0.0925. The molecule has 0 radical (unpaired) electrons. The Morgan fingerprint density at radius 2 is 2.36 bits per heavy atom. The lowest BCUT2D eigenvalue weighted by Gasteiger charge is -1.93. The summed E-state index contributed by atoms with van der Waals surface area (Å²) in [5.41, 5.74) is -0.394. The number of hydrogen-bond donors (Lipinski definition) is 2. The Morgan fingerprint density at radius 1 is 1.57 bits per heavy atom. The van der Waals surface area contributed by atoms with Crippen LogP contribution >= 0.6 is 0 Å². The van der Waals surface area contributed by atoms with Crippen LogP contribution in [0, 0.1) is 12.3 Å². The summed E-state index contributed by atoms with van der Waals surface area (Å²) in [5.74, 6) is 2.31. The van der Waals surface area contributed by atoms with Gasteiger partial charge in [0.15, 0.2) is 11.2 Å². The van der Waals surface area contributed by atoms with Crippen LogP contribution in [0.2, 0.25) is 0 Å². The molecule has 6 heteroatoms. The third kappa shape index (κ3) is 1.03. The van der Waals surface area contributed by atoms with Gasteiger partial charge in [0.1, 0.15) is 0 Å². The Morgan fingerprint density at radius 3 is 3.07 bits per heavy atom. The zero-order valence-corrected chi connectivity index (χ0v) is 7.07. The fourth-order valence-electron chi connectivity index (χ4n) is 1.22. The maximum Gasteiger partial charge on any atom is 0.328 e. The SMILES string of the molecule is C#CCn1c(=O)[nH]c2c(=O)[nH]cnc21. The lowest BCUT2D eigenvalue weighted by Crippen LogP contribution is -2.16. The van der Waals surface area contributed by atoms with Crippen LogP contribution in [0.3, 0.4) is 0 Å². The predicted molar refractivity (Wildman–Crippen MR) is 49.8 cm³/mol. The van der Waals surface area contributed by atoms with Crippen LogP contribution in [0.25, 0.3) is 11.2 Å². The predicted octanol–water partition coefficient (Wildman–Crippen LogP) is -0.954. The van der Waals surface area contributed by atoms with Crippen molar-refractivity contribution in [2.24, 2.45) is 0 Å². The molecule has 0 aliphatic carbocycles. The third-order valence-electron chi connectivity index (χ3n) is 1.82. The summed E-state index contributed by atoms with van der Waals surface area (Å²) >= 11 is 0. The van der Waals surface area contributed by atoms with Crippen molar-refractivity contribution in [1.82, 2.24) is 19.5 Å². The maximum absolute atomic E-state index is 11.3. The molecule has 2 N–H and O–H groups in total. The van der Waals surface area contributed by atoms with E-state index in [2.05, 4.69) is 20.9 Å². The average molecular weight is 190 g/mol. The van der Waals surface area contributed by atoms with E-state index in [9.17, 15) is 9.59 Å². The van der Waals surface area contributed by atoms with E-state index >= 15 is 0 Å². The van der Waals surface area contributed by atoms with Gasteiger partial charge in [-0.2, -0.15) is 0 Å². The molecule has 0 unspecified atom stereocenters. The molecule has 0 amide bonds. The first-order chi connectivity index (χ1) is 6.74. The van der Waals surface area contributed by atoms with Crippen molar-refractivity contribution < 1.29 is 0 Å². The zero-order valence-electron chi connectivity index (χ0n) is 7.07.